The lowest BCUT2D eigenvalue weighted by Gasteiger charge is -2.19. The van der Waals surface area contributed by atoms with Crippen molar-refractivity contribution in [2.75, 3.05) is 16.4 Å². The molecule has 160 valence electrons. The smallest absolute Gasteiger partial charge is 0.255 e. The van der Waals surface area contributed by atoms with Crippen molar-refractivity contribution in [3.63, 3.8) is 0 Å². The number of thioether (sulfide) groups is 1. The fourth-order valence-corrected chi connectivity index (χ4v) is 3.68. The Morgan fingerprint density at radius 1 is 0.839 bits per heavy atom. The molecular formula is C26H28N2O2S. The minimum absolute atomic E-state index is 0.0410. The number of benzene rings is 3. The quantitative estimate of drug-likeness (QED) is 0.451. The molecule has 3 aromatic carbocycles. The third-order valence-corrected chi connectivity index (χ3v) is 5.82. The van der Waals surface area contributed by atoms with Crippen LogP contribution in [0.1, 0.15) is 42.3 Å². The fraction of sp³-hybridized carbons (Fsp3) is 0.231. The van der Waals surface area contributed by atoms with E-state index in [1.165, 1.54) is 22.9 Å². The molecule has 5 heteroatoms. The van der Waals surface area contributed by atoms with Gasteiger partial charge in [-0.2, -0.15) is 0 Å². The van der Waals surface area contributed by atoms with Gasteiger partial charge in [-0.3, -0.25) is 9.59 Å². The molecule has 0 atom stereocenters. The van der Waals surface area contributed by atoms with Crippen molar-refractivity contribution in [2.24, 2.45) is 0 Å². The zero-order valence-electron chi connectivity index (χ0n) is 18.4. The average Bonchev–Trinajstić information content (AvgIpc) is 2.73. The molecule has 31 heavy (non-hydrogen) atoms. The van der Waals surface area contributed by atoms with Crippen LogP contribution in [0, 0.1) is 6.92 Å². The van der Waals surface area contributed by atoms with E-state index < -0.39 is 0 Å². The Balaban J connectivity index is 1.57. The SMILES string of the molecule is Cc1ccc(SCC(=O)Nc2cccc(NC(=O)c3ccc(C(C)(C)C)cc3)c2)cc1. The highest BCUT2D eigenvalue weighted by atomic mass is 32.2. The maximum Gasteiger partial charge on any atom is 0.255 e. The summed E-state index contributed by atoms with van der Waals surface area (Å²) in [6.45, 7) is 8.46. The van der Waals surface area contributed by atoms with Crippen LogP contribution in [-0.4, -0.2) is 17.6 Å². The van der Waals surface area contributed by atoms with Crippen molar-refractivity contribution in [3.05, 3.63) is 89.5 Å². The number of aryl methyl sites for hydroxylation is 1. The number of nitrogens with one attached hydrogen (secondary N) is 2. The summed E-state index contributed by atoms with van der Waals surface area (Å²) in [5, 5.41) is 5.79. The first-order chi connectivity index (χ1) is 14.7. The Kier molecular flexibility index (Phi) is 7.18. The molecule has 0 aromatic heterocycles. The van der Waals surface area contributed by atoms with E-state index in [0.717, 1.165) is 4.90 Å². The van der Waals surface area contributed by atoms with Gasteiger partial charge in [-0.15, -0.1) is 11.8 Å². The Morgan fingerprint density at radius 3 is 2.06 bits per heavy atom. The van der Waals surface area contributed by atoms with Crippen LogP contribution < -0.4 is 10.6 Å². The highest BCUT2D eigenvalue weighted by Crippen LogP contribution is 2.23. The lowest BCUT2D eigenvalue weighted by Crippen LogP contribution is -2.16. The van der Waals surface area contributed by atoms with Crippen LogP contribution in [0.25, 0.3) is 0 Å². The summed E-state index contributed by atoms with van der Waals surface area (Å²) >= 11 is 1.49. The molecule has 4 nitrogen and oxygen atoms in total. The number of rotatable bonds is 6. The molecule has 0 heterocycles. The summed E-state index contributed by atoms with van der Waals surface area (Å²) in [7, 11) is 0. The Labute approximate surface area is 188 Å². The molecule has 2 N–H and O–H groups in total. The van der Waals surface area contributed by atoms with Gasteiger partial charge in [-0.05, 0) is 60.4 Å². The van der Waals surface area contributed by atoms with Crippen LogP contribution in [-0.2, 0) is 10.2 Å². The molecule has 0 spiro atoms. The monoisotopic (exact) mass is 432 g/mol. The summed E-state index contributed by atoms with van der Waals surface area (Å²) in [6.07, 6.45) is 0. The number of hydrogen-bond acceptors (Lipinski definition) is 3. The average molecular weight is 433 g/mol. The number of anilines is 2. The minimum atomic E-state index is -0.182. The van der Waals surface area contributed by atoms with Gasteiger partial charge in [-0.1, -0.05) is 56.7 Å². The zero-order chi connectivity index (χ0) is 22.4. The topological polar surface area (TPSA) is 58.2 Å². The van der Waals surface area contributed by atoms with Crippen molar-refractivity contribution in [2.45, 2.75) is 38.0 Å². The van der Waals surface area contributed by atoms with E-state index >= 15 is 0 Å². The van der Waals surface area contributed by atoms with E-state index in [1.807, 2.05) is 61.5 Å². The largest absolute Gasteiger partial charge is 0.325 e. The van der Waals surface area contributed by atoms with E-state index in [4.69, 9.17) is 0 Å². The van der Waals surface area contributed by atoms with Crippen LogP contribution in [0.5, 0.6) is 0 Å². The summed E-state index contributed by atoms with van der Waals surface area (Å²) < 4.78 is 0. The fourth-order valence-electron chi connectivity index (χ4n) is 2.98. The van der Waals surface area contributed by atoms with Crippen LogP contribution >= 0.6 is 11.8 Å². The summed E-state index contributed by atoms with van der Waals surface area (Å²) in [5.41, 5.74) is 4.29. The first-order valence-electron chi connectivity index (χ1n) is 10.2. The van der Waals surface area contributed by atoms with E-state index in [0.29, 0.717) is 22.7 Å². The zero-order valence-corrected chi connectivity index (χ0v) is 19.2. The summed E-state index contributed by atoms with van der Waals surface area (Å²) in [6, 6.07) is 22.9. The number of carbonyl (C=O) groups excluding carboxylic acids is 2. The first kappa shape index (κ1) is 22.6. The maximum atomic E-state index is 12.6. The predicted molar refractivity (Wildman–Crippen MR) is 130 cm³/mol. The molecule has 0 aliphatic rings. The van der Waals surface area contributed by atoms with Crippen molar-refractivity contribution < 1.29 is 9.59 Å². The third-order valence-electron chi connectivity index (χ3n) is 4.81. The molecule has 0 saturated carbocycles. The summed E-state index contributed by atoms with van der Waals surface area (Å²) in [5.74, 6) is 0.0467. The van der Waals surface area contributed by atoms with Crippen LogP contribution in [0.3, 0.4) is 0 Å². The van der Waals surface area contributed by atoms with Crippen molar-refractivity contribution in [1.29, 1.82) is 0 Å². The maximum absolute atomic E-state index is 12.6. The van der Waals surface area contributed by atoms with Crippen LogP contribution in [0.15, 0.2) is 77.7 Å². The van der Waals surface area contributed by atoms with Gasteiger partial charge in [-0.25, -0.2) is 0 Å². The number of amides is 2. The van der Waals surface area contributed by atoms with E-state index in [-0.39, 0.29) is 17.2 Å². The van der Waals surface area contributed by atoms with Gasteiger partial charge in [0.05, 0.1) is 5.75 Å². The van der Waals surface area contributed by atoms with Gasteiger partial charge in [0.25, 0.3) is 5.91 Å². The van der Waals surface area contributed by atoms with Gasteiger partial charge in [0.15, 0.2) is 0 Å². The predicted octanol–water partition coefficient (Wildman–Crippen LogP) is 6.28. The van der Waals surface area contributed by atoms with Crippen molar-refractivity contribution >= 4 is 35.0 Å². The Bertz CT molecular complexity index is 1050. The number of carbonyl (C=O) groups is 2. The van der Waals surface area contributed by atoms with Gasteiger partial charge in [0.2, 0.25) is 5.91 Å². The normalized spacial score (nSPS) is 11.1. The minimum Gasteiger partial charge on any atom is -0.325 e. The van der Waals surface area contributed by atoms with E-state index in [9.17, 15) is 9.59 Å². The molecule has 2 amide bonds. The first-order valence-corrected chi connectivity index (χ1v) is 11.2. The van der Waals surface area contributed by atoms with Gasteiger partial charge in [0.1, 0.15) is 0 Å². The lowest BCUT2D eigenvalue weighted by atomic mass is 9.87. The molecule has 3 aromatic rings. The third kappa shape index (κ3) is 6.72. The molecule has 0 saturated heterocycles. The van der Waals surface area contributed by atoms with Crippen molar-refractivity contribution in [1.82, 2.24) is 0 Å². The van der Waals surface area contributed by atoms with E-state index in [1.54, 1.807) is 18.2 Å². The van der Waals surface area contributed by atoms with Gasteiger partial charge < -0.3 is 10.6 Å². The molecule has 0 unspecified atom stereocenters. The standard InChI is InChI=1S/C26H28N2O2S/c1-18-8-14-23(15-9-18)31-17-24(29)27-21-6-5-7-22(16-21)28-25(30)19-10-12-20(13-11-19)26(2,3)4/h5-16H,17H2,1-4H3,(H,27,29)(H,28,30). The summed E-state index contributed by atoms with van der Waals surface area (Å²) in [4.78, 5) is 25.9. The second-order valence-corrected chi connectivity index (χ2v) is 9.56. The Morgan fingerprint density at radius 2 is 1.45 bits per heavy atom. The lowest BCUT2D eigenvalue weighted by molar-refractivity contribution is -0.113. The highest BCUT2D eigenvalue weighted by Gasteiger charge is 2.14. The molecular weight excluding hydrogens is 404 g/mol. The second-order valence-electron chi connectivity index (χ2n) is 8.51. The van der Waals surface area contributed by atoms with Crippen LogP contribution in [0.4, 0.5) is 11.4 Å². The molecule has 0 fully saturated rings. The molecule has 3 rings (SSSR count). The van der Waals surface area contributed by atoms with E-state index in [2.05, 4.69) is 31.4 Å². The van der Waals surface area contributed by atoms with Gasteiger partial charge >= 0.3 is 0 Å². The molecule has 0 bridgehead atoms. The van der Waals surface area contributed by atoms with Crippen molar-refractivity contribution in [3.8, 4) is 0 Å². The Hall–Kier alpha value is -3.05. The molecule has 0 aliphatic heterocycles. The highest BCUT2D eigenvalue weighted by molar-refractivity contribution is 8.00. The van der Waals surface area contributed by atoms with Gasteiger partial charge in [0, 0.05) is 21.8 Å². The second kappa shape index (κ2) is 9.84. The molecule has 0 aliphatic carbocycles. The number of hydrogen-bond donors (Lipinski definition) is 2. The van der Waals surface area contributed by atoms with Crippen LogP contribution in [0.2, 0.25) is 0 Å². The molecule has 0 radical (unpaired) electrons.